The summed E-state index contributed by atoms with van der Waals surface area (Å²) in [5.41, 5.74) is 0.870. The van der Waals surface area contributed by atoms with Gasteiger partial charge in [-0.3, -0.25) is 4.79 Å². The van der Waals surface area contributed by atoms with Gasteiger partial charge < -0.3 is 10.1 Å². The van der Waals surface area contributed by atoms with Crippen LogP contribution >= 0.6 is 0 Å². The van der Waals surface area contributed by atoms with Gasteiger partial charge in [0.05, 0.1) is 18.6 Å². The van der Waals surface area contributed by atoms with Crippen LogP contribution in [0.3, 0.4) is 0 Å². The Morgan fingerprint density at radius 3 is 2.32 bits per heavy atom. The highest BCUT2D eigenvalue weighted by atomic mass is 32.2. The Labute approximate surface area is 129 Å². The maximum Gasteiger partial charge on any atom is 0.354 e. The largest absolute Gasteiger partial charge is 0.464 e. The van der Waals surface area contributed by atoms with Crippen LogP contribution in [0.4, 0.5) is 0 Å². The molecule has 8 heteroatoms. The summed E-state index contributed by atoms with van der Waals surface area (Å²) in [5, 5.41) is 2.27. The lowest BCUT2D eigenvalue weighted by Gasteiger charge is -2.09. The van der Waals surface area contributed by atoms with Gasteiger partial charge in [0.1, 0.15) is 5.70 Å². The van der Waals surface area contributed by atoms with E-state index in [0.29, 0.717) is 0 Å². The van der Waals surface area contributed by atoms with Crippen molar-refractivity contribution in [3.05, 3.63) is 41.6 Å². The van der Waals surface area contributed by atoms with Crippen LogP contribution in [0, 0.1) is 6.92 Å². The van der Waals surface area contributed by atoms with Gasteiger partial charge in [0.15, 0.2) is 0 Å². The van der Waals surface area contributed by atoms with E-state index in [2.05, 4.69) is 14.8 Å². The first-order valence-corrected chi connectivity index (χ1v) is 7.89. The van der Waals surface area contributed by atoms with E-state index in [1.54, 1.807) is 19.1 Å². The number of hydrogen-bond donors (Lipinski definition) is 2. The van der Waals surface area contributed by atoms with Gasteiger partial charge in [0.25, 0.3) is 0 Å². The van der Waals surface area contributed by atoms with Crippen LogP contribution < -0.4 is 10.0 Å². The number of carbonyl (C=O) groups is 2. The smallest absolute Gasteiger partial charge is 0.354 e. The lowest BCUT2D eigenvalue weighted by Crippen LogP contribution is -2.38. The fourth-order valence-corrected chi connectivity index (χ4v) is 2.49. The van der Waals surface area contributed by atoms with Crippen molar-refractivity contribution < 1.29 is 22.7 Å². The molecule has 120 valence electrons. The molecule has 1 aromatic carbocycles. The van der Waals surface area contributed by atoms with Gasteiger partial charge in [0, 0.05) is 0 Å². The van der Waals surface area contributed by atoms with Crippen molar-refractivity contribution in [2.45, 2.75) is 18.7 Å². The highest BCUT2D eigenvalue weighted by Gasteiger charge is 2.17. The Balaban J connectivity index is 2.67. The molecular formula is C14H18N2O5S. The number of aryl methyl sites for hydroxylation is 1. The molecule has 0 aliphatic carbocycles. The Morgan fingerprint density at radius 2 is 1.82 bits per heavy atom. The van der Waals surface area contributed by atoms with Crippen molar-refractivity contribution in [3.8, 4) is 0 Å². The molecule has 0 aliphatic rings. The number of rotatable bonds is 6. The third-order valence-corrected chi connectivity index (χ3v) is 4.14. The summed E-state index contributed by atoms with van der Waals surface area (Å²) in [4.78, 5) is 23.0. The maximum atomic E-state index is 12.0. The van der Waals surface area contributed by atoms with E-state index >= 15 is 0 Å². The van der Waals surface area contributed by atoms with Crippen molar-refractivity contribution in [1.29, 1.82) is 0 Å². The number of nitrogens with one attached hydrogen (secondary N) is 2. The predicted octanol–water partition coefficient (Wildman–Crippen LogP) is 0.466. The summed E-state index contributed by atoms with van der Waals surface area (Å²) in [5.74, 6) is -1.38. The lowest BCUT2D eigenvalue weighted by atomic mass is 10.2. The molecular weight excluding hydrogens is 308 g/mol. The normalized spacial score (nSPS) is 11.9. The molecule has 2 N–H and O–H groups in total. The van der Waals surface area contributed by atoms with E-state index in [1.807, 2.05) is 6.92 Å². The summed E-state index contributed by atoms with van der Waals surface area (Å²) < 4.78 is 30.6. The van der Waals surface area contributed by atoms with Crippen molar-refractivity contribution >= 4 is 21.9 Å². The molecule has 1 amide bonds. The Hall–Kier alpha value is -2.19. The number of carbonyl (C=O) groups excluding carboxylic acids is 2. The number of sulfonamides is 1. The molecule has 1 rings (SSSR count). The Bertz CT molecular complexity index is 678. The summed E-state index contributed by atoms with van der Waals surface area (Å²) >= 11 is 0. The monoisotopic (exact) mass is 326 g/mol. The zero-order chi connectivity index (χ0) is 16.8. The van der Waals surface area contributed by atoms with E-state index in [4.69, 9.17) is 0 Å². The van der Waals surface area contributed by atoms with Gasteiger partial charge >= 0.3 is 5.97 Å². The minimum absolute atomic E-state index is 0.0537. The third-order valence-electron chi connectivity index (χ3n) is 2.72. The lowest BCUT2D eigenvalue weighted by molar-refractivity contribution is -0.137. The van der Waals surface area contributed by atoms with Gasteiger partial charge in [-0.05, 0) is 26.0 Å². The summed E-state index contributed by atoms with van der Waals surface area (Å²) in [7, 11) is -2.61. The van der Waals surface area contributed by atoms with Gasteiger partial charge in [-0.25, -0.2) is 17.9 Å². The molecule has 0 bridgehead atoms. The second-order valence-corrected chi connectivity index (χ2v) is 6.15. The SMILES string of the molecule is C/C=C(\NC(=O)CNS(=O)(=O)c1ccc(C)cc1)C(=O)OC. The molecule has 0 fully saturated rings. The highest BCUT2D eigenvalue weighted by molar-refractivity contribution is 7.89. The summed E-state index contributed by atoms with van der Waals surface area (Å²) in [6.45, 7) is 2.89. The van der Waals surface area contributed by atoms with Crippen molar-refractivity contribution in [2.75, 3.05) is 13.7 Å². The summed E-state index contributed by atoms with van der Waals surface area (Å²) in [6.07, 6.45) is 1.36. The fraction of sp³-hybridized carbons (Fsp3) is 0.286. The number of methoxy groups -OCH3 is 1. The number of esters is 1. The predicted molar refractivity (Wildman–Crippen MR) is 80.3 cm³/mol. The number of ether oxygens (including phenoxy) is 1. The second kappa shape index (κ2) is 7.71. The molecule has 7 nitrogen and oxygen atoms in total. The van der Waals surface area contributed by atoms with Gasteiger partial charge in [-0.2, -0.15) is 0 Å². The minimum Gasteiger partial charge on any atom is -0.464 e. The number of benzene rings is 1. The van der Waals surface area contributed by atoms with Crippen LogP contribution in [0.1, 0.15) is 12.5 Å². The van der Waals surface area contributed by atoms with E-state index in [9.17, 15) is 18.0 Å². The molecule has 0 spiro atoms. The molecule has 0 saturated carbocycles. The molecule has 0 atom stereocenters. The molecule has 0 unspecified atom stereocenters. The van der Waals surface area contributed by atoms with Gasteiger partial charge in [-0.15, -0.1) is 0 Å². The number of hydrogen-bond acceptors (Lipinski definition) is 5. The van der Waals surface area contributed by atoms with Crippen molar-refractivity contribution in [3.63, 3.8) is 0 Å². The first-order chi connectivity index (χ1) is 10.3. The topological polar surface area (TPSA) is 102 Å². The summed E-state index contributed by atoms with van der Waals surface area (Å²) in [6, 6.07) is 6.20. The average Bonchev–Trinajstić information content (AvgIpc) is 2.50. The van der Waals surface area contributed by atoms with Crippen LogP contribution in [0.5, 0.6) is 0 Å². The van der Waals surface area contributed by atoms with E-state index in [-0.39, 0.29) is 10.6 Å². The van der Waals surface area contributed by atoms with E-state index < -0.39 is 28.4 Å². The van der Waals surface area contributed by atoms with Crippen LogP contribution in [0.2, 0.25) is 0 Å². The highest BCUT2D eigenvalue weighted by Crippen LogP contribution is 2.09. The number of amides is 1. The molecule has 1 aromatic rings. The zero-order valence-electron chi connectivity index (χ0n) is 12.5. The Morgan fingerprint density at radius 1 is 1.23 bits per heavy atom. The van der Waals surface area contributed by atoms with Crippen LogP contribution in [0.15, 0.2) is 40.9 Å². The van der Waals surface area contributed by atoms with E-state index in [0.717, 1.165) is 5.56 Å². The molecule has 0 heterocycles. The molecule has 0 saturated heterocycles. The fourth-order valence-electron chi connectivity index (χ4n) is 1.51. The molecule has 0 aromatic heterocycles. The maximum absolute atomic E-state index is 12.0. The van der Waals surface area contributed by atoms with Gasteiger partial charge in [0.2, 0.25) is 15.9 Å². The molecule has 0 aliphatic heterocycles. The molecule has 0 radical (unpaired) electrons. The average molecular weight is 326 g/mol. The standard InChI is InChI=1S/C14H18N2O5S/c1-4-12(14(18)21-3)16-13(17)9-15-22(19,20)11-7-5-10(2)6-8-11/h4-8,15H,9H2,1-3H3,(H,16,17)/b12-4-. The Kier molecular flexibility index (Phi) is 6.26. The van der Waals surface area contributed by atoms with Crippen molar-refractivity contribution in [2.24, 2.45) is 0 Å². The van der Waals surface area contributed by atoms with Gasteiger partial charge in [-0.1, -0.05) is 23.8 Å². The van der Waals surface area contributed by atoms with Crippen LogP contribution in [-0.2, 0) is 24.3 Å². The van der Waals surface area contributed by atoms with Crippen LogP contribution in [0.25, 0.3) is 0 Å². The zero-order valence-corrected chi connectivity index (χ0v) is 13.4. The second-order valence-electron chi connectivity index (χ2n) is 4.38. The van der Waals surface area contributed by atoms with Crippen LogP contribution in [-0.4, -0.2) is 33.9 Å². The first kappa shape index (κ1) is 17.9. The van der Waals surface area contributed by atoms with Crippen molar-refractivity contribution in [1.82, 2.24) is 10.0 Å². The first-order valence-electron chi connectivity index (χ1n) is 6.41. The minimum atomic E-state index is -3.79. The quantitative estimate of drug-likeness (QED) is 0.584. The van der Waals surface area contributed by atoms with E-state index in [1.165, 1.54) is 25.3 Å². The molecule has 22 heavy (non-hydrogen) atoms. The number of allylic oxidation sites excluding steroid dienone is 1. The third kappa shape index (κ3) is 4.97.